The average Bonchev–Trinajstić information content (AvgIpc) is 3.17. The molecule has 2 aromatic carbocycles. The van der Waals surface area contributed by atoms with Crippen molar-refractivity contribution in [2.75, 3.05) is 20.8 Å². The summed E-state index contributed by atoms with van der Waals surface area (Å²) >= 11 is 0. The third-order valence-corrected chi connectivity index (χ3v) is 6.70. The van der Waals surface area contributed by atoms with Crippen molar-refractivity contribution in [1.82, 2.24) is 9.80 Å². The van der Waals surface area contributed by atoms with Crippen molar-refractivity contribution in [3.63, 3.8) is 0 Å². The highest BCUT2D eigenvalue weighted by molar-refractivity contribution is 5.98. The van der Waals surface area contributed by atoms with Gasteiger partial charge in [-0.3, -0.25) is 14.4 Å². The van der Waals surface area contributed by atoms with Gasteiger partial charge < -0.3 is 25.0 Å². The van der Waals surface area contributed by atoms with E-state index >= 15 is 0 Å². The minimum atomic E-state index is -0.682. The summed E-state index contributed by atoms with van der Waals surface area (Å²) in [7, 11) is 3.13. The quantitative estimate of drug-likeness (QED) is 0.574. The molecule has 0 aliphatic carbocycles. The lowest BCUT2D eigenvalue weighted by Gasteiger charge is -2.35. The number of methoxy groups -OCH3 is 2. The second-order valence-electron chi connectivity index (χ2n) is 8.81. The average molecular weight is 466 g/mol. The molecular weight excluding hydrogens is 434 g/mol. The zero-order valence-electron chi connectivity index (χ0n) is 19.7. The molecular formula is C26H31N3O5. The van der Waals surface area contributed by atoms with E-state index in [1.165, 1.54) is 0 Å². The first-order valence-corrected chi connectivity index (χ1v) is 11.6. The molecule has 0 radical (unpaired) electrons. The van der Waals surface area contributed by atoms with Crippen LogP contribution in [0.1, 0.15) is 52.7 Å². The van der Waals surface area contributed by atoms with E-state index in [1.54, 1.807) is 19.1 Å². The molecule has 2 N–H and O–H groups in total. The lowest BCUT2D eigenvalue weighted by molar-refractivity contribution is -0.140. The van der Waals surface area contributed by atoms with E-state index in [0.29, 0.717) is 50.4 Å². The summed E-state index contributed by atoms with van der Waals surface area (Å²) in [5.74, 6) is 0.651. The standard InChI is InChI=1S/C26H31N3O5/c1-33-22-13-18-12-21(25(27)31)29(16-19(18)14-23(22)34-2)24(30)10-4-3-7-11-28-15-17-8-5-6-9-20(17)26(28)32/h5-6,8-9,13-14,21H,3-4,7,10-12,15-16H2,1-2H3,(H2,27,31). The second kappa shape index (κ2) is 10.2. The minimum absolute atomic E-state index is 0.0787. The number of hydrogen-bond acceptors (Lipinski definition) is 5. The molecule has 2 aliphatic rings. The summed E-state index contributed by atoms with van der Waals surface area (Å²) in [6, 6.07) is 10.7. The van der Waals surface area contributed by atoms with Gasteiger partial charge in [0.05, 0.1) is 14.2 Å². The Kier molecular flexibility index (Phi) is 7.05. The Morgan fingerprint density at radius 2 is 1.68 bits per heavy atom. The predicted molar refractivity (Wildman–Crippen MR) is 126 cm³/mol. The zero-order valence-corrected chi connectivity index (χ0v) is 19.7. The molecule has 34 heavy (non-hydrogen) atoms. The number of rotatable bonds is 9. The molecule has 8 heteroatoms. The molecule has 3 amide bonds. The highest BCUT2D eigenvalue weighted by Crippen LogP contribution is 2.35. The number of amides is 3. The Bertz CT molecular complexity index is 1100. The first kappa shape index (κ1) is 23.6. The predicted octanol–water partition coefficient (Wildman–Crippen LogP) is 2.66. The zero-order chi connectivity index (χ0) is 24.2. The number of carbonyl (C=O) groups is 3. The molecule has 0 spiro atoms. The third-order valence-electron chi connectivity index (χ3n) is 6.70. The van der Waals surface area contributed by atoms with Crippen LogP contribution in [0, 0.1) is 0 Å². The van der Waals surface area contributed by atoms with Gasteiger partial charge in [0.25, 0.3) is 5.91 Å². The summed E-state index contributed by atoms with van der Waals surface area (Å²) in [5, 5.41) is 0. The van der Waals surface area contributed by atoms with Crippen LogP contribution in [0.3, 0.4) is 0 Å². The smallest absolute Gasteiger partial charge is 0.254 e. The van der Waals surface area contributed by atoms with E-state index in [0.717, 1.165) is 35.1 Å². The number of ether oxygens (including phenoxy) is 2. The van der Waals surface area contributed by atoms with Crippen molar-refractivity contribution in [3.05, 3.63) is 58.7 Å². The Balaban J connectivity index is 1.31. The number of nitrogens with two attached hydrogens (primary N) is 1. The lowest BCUT2D eigenvalue weighted by atomic mass is 9.92. The van der Waals surface area contributed by atoms with Crippen LogP contribution in [-0.2, 0) is 29.1 Å². The van der Waals surface area contributed by atoms with Gasteiger partial charge >= 0.3 is 0 Å². The summed E-state index contributed by atoms with van der Waals surface area (Å²) in [4.78, 5) is 41.1. The van der Waals surface area contributed by atoms with Gasteiger partial charge in [-0.2, -0.15) is 0 Å². The Hall–Kier alpha value is -3.55. The van der Waals surface area contributed by atoms with Crippen molar-refractivity contribution >= 4 is 17.7 Å². The van der Waals surface area contributed by atoms with E-state index in [2.05, 4.69) is 0 Å². The fourth-order valence-corrected chi connectivity index (χ4v) is 4.82. The number of hydrogen-bond donors (Lipinski definition) is 1. The maximum atomic E-state index is 13.0. The van der Waals surface area contributed by atoms with Crippen LogP contribution in [0.2, 0.25) is 0 Å². The van der Waals surface area contributed by atoms with Crippen molar-refractivity contribution in [1.29, 1.82) is 0 Å². The van der Waals surface area contributed by atoms with Gasteiger partial charge in [0.15, 0.2) is 11.5 Å². The van der Waals surface area contributed by atoms with Gasteiger partial charge in [0.1, 0.15) is 6.04 Å². The van der Waals surface area contributed by atoms with Crippen molar-refractivity contribution in [2.24, 2.45) is 5.73 Å². The van der Waals surface area contributed by atoms with Crippen LogP contribution >= 0.6 is 0 Å². The van der Waals surface area contributed by atoms with Crippen molar-refractivity contribution in [3.8, 4) is 11.5 Å². The number of fused-ring (bicyclic) bond motifs is 2. The fraction of sp³-hybridized carbons (Fsp3) is 0.423. The maximum Gasteiger partial charge on any atom is 0.254 e. The van der Waals surface area contributed by atoms with E-state index < -0.39 is 11.9 Å². The van der Waals surface area contributed by atoms with E-state index in [9.17, 15) is 14.4 Å². The topological polar surface area (TPSA) is 102 Å². The molecule has 0 saturated heterocycles. The molecule has 1 unspecified atom stereocenters. The van der Waals surface area contributed by atoms with Gasteiger partial charge in [-0.15, -0.1) is 0 Å². The van der Waals surface area contributed by atoms with Gasteiger partial charge in [-0.25, -0.2) is 0 Å². The number of nitrogens with zero attached hydrogens (tertiary/aromatic N) is 2. The van der Waals surface area contributed by atoms with Crippen LogP contribution in [0.5, 0.6) is 11.5 Å². The largest absolute Gasteiger partial charge is 0.493 e. The number of unbranched alkanes of at least 4 members (excludes halogenated alkanes) is 2. The number of carbonyl (C=O) groups excluding carboxylic acids is 3. The molecule has 1 atom stereocenters. The summed E-state index contributed by atoms with van der Waals surface area (Å²) < 4.78 is 10.8. The molecule has 2 aromatic rings. The third kappa shape index (κ3) is 4.71. The number of benzene rings is 2. The van der Waals surface area contributed by atoms with Crippen molar-refractivity contribution < 1.29 is 23.9 Å². The first-order chi connectivity index (χ1) is 16.4. The molecule has 2 heterocycles. The summed E-state index contributed by atoms with van der Waals surface area (Å²) in [6.07, 6.45) is 3.03. The van der Waals surface area contributed by atoms with Crippen LogP contribution in [0.15, 0.2) is 36.4 Å². The molecule has 0 bridgehead atoms. The maximum absolute atomic E-state index is 13.0. The highest BCUT2D eigenvalue weighted by Gasteiger charge is 2.34. The normalized spacial score (nSPS) is 16.8. The summed E-state index contributed by atoms with van der Waals surface area (Å²) in [6.45, 7) is 1.63. The summed E-state index contributed by atoms with van der Waals surface area (Å²) in [5.41, 5.74) is 9.36. The molecule has 0 saturated carbocycles. The molecule has 0 fully saturated rings. The highest BCUT2D eigenvalue weighted by atomic mass is 16.5. The van der Waals surface area contributed by atoms with Crippen LogP contribution in [0.4, 0.5) is 0 Å². The van der Waals surface area contributed by atoms with Crippen LogP contribution in [-0.4, -0.2) is 54.3 Å². The SMILES string of the molecule is COc1cc2c(cc1OC)CN(C(=O)CCCCCN1Cc3ccccc3C1=O)C(C(N)=O)C2. The lowest BCUT2D eigenvalue weighted by Crippen LogP contribution is -2.51. The monoisotopic (exact) mass is 465 g/mol. The van der Waals surface area contributed by atoms with Gasteiger partial charge in [0, 0.05) is 38.0 Å². The minimum Gasteiger partial charge on any atom is -0.493 e. The van der Waals surface area contributed by atoms with Gasteiger partial charge in [-0.1, -0.05) is 24.6 Å². The molecule has 0 aromatic heterocycles. The molecule has 8 nitrogen and oxygen atoms in total. The van der Waals surface area contributed by atoms with Crippen LogP contribution in [0.25, 0.3) is 0 Å². The Morgan fingerprint density at radius 1 is 0.971 bits per heavy atom. The van der Waals surface area contributed by atoms with E-state index in [1.807, 2.05) is 41.3 Å². The molecule has 2 aliphatic heterocycles. The van der Waals surface area contributed by atoms with Crippen molar-refractivity contribution in [2.45, 2.75) is 51.2 Å². The van der Waals surface area contributed by atoms with Crippen LogP contribution < -0.4 is 15.2 Å². The number of primary amides is 1. The van der Waals surface area contributed by atoms with Gasteiger partial charge in [-0.05, 0) is 47.7 Å². The Labute approximate surface area is 199 Å². The second-order valence-corrected chi connectivity index (χ2v) is 8.81. The molecule has 180 valence electrons. The molecule has 4 rings (SSSR count). The van der Waals surface area contributed by atoms with Gasteiger partial charge in [0.2, 0.25) is 11.8 Å². The van der Waals surface area contributed by atoms with E-state index in [-0.39, 0.29) is 11.8 Å². The Morgan fingerprint density at radius 3 is 2.35 bits per heavy atom. The van der Waals surface area contributed by atoms with E-state index in [4.69, 9.17) is 15.2 Å². The first-order valence-electron chi connectivity index (χ1n) is 11.6. The fourth-order valence-electron chi connectivity index (χ4n) is 4.82.